The van der Waals surface area contributed by atoms with Crippen LogP contribution in [0.5, 0.6) is 0 Å². The third-order valence-corrected chi connectivity index (χ3v) is 7.22. The van der Waals surface area contributed by atoms with Gasteiger partial charge in [0.15, 0.2) is 0 Å². The lowest BCUT2D eigenvalue weighted by atomic mass is 10.1. The summed E-state index contributed by atoms with van der Waals surface area (Å²) < 4.78 is 27.1. The maximum absolute atomic E-state index is 13.1. The highest BCUT2D eigenvalue weighted by molar-refractivity contribution is 7.89. The van der Waals surface area contributed by atoms with Crippen LogP contribution in [-0.4, -0.2) is 48.6 Å². The molecule has 0 unspecified atom stereocenters. The third kappa shape index (κ3) is 3.49. The highest BCUT2D eigenvalue weighted by Gasteiger charge is 2.45. The first-order chi connectivity index (χ1) is 12.3. The molecule has 6 nitrogen and oxygen atoms in total. The zero-order valence-corrected chi connectivity index (χ0v) is 16.2. The molecule has 0 spiro atoms. The van der Waals surface area contributed by atoms with Crippen LogP contribution in [0.15, 0.2) is 23.1 Å². The van der Waals surface area contributed by atoms with Gasteiger partial charge in [0.1, 0.15) is 6.04 Å². The molecule has 0 aromatic heterocycles. The zero-order valence-electron chi connectivity index (χ0n) is 15.4. The van der Waals surface area contributed by atoms with Gasteiger partial charge >= 0.3 is 0 Å². The van der Waals surface area contributed by atoms with Gasteiger partial charge in [-0.05, 0) is 56.4 Å². The van der Waals surface area contributed by atoms with Crippen molar-refractivity contribution >= 4 is 21.8 Å². The van der Waals surface area contributed by atoms with Gasteiger partial charge in [-0.3, -0.25) is 9.59 Å². The number of rotatable bonds is 3. The minimum atomic E-state index is -4.03. The fraction of sp³-hybridized carbons (Fsp3) is 0.579. The Kier molecular flexibility index (Phi) is 5.37. The molecule has 142 valence electrons. The molecule has 3 rings (SSSR count). The standard InChI is InChI=1S/C19H26N2O4S/c1-14-7-8-16(13-15(14)2)26(24,25)21-17(9-10-18(21)22)19(23)20-11-5-3-4-6-12-20/h7-8,13,17H,3-6,9-12H2,1-2H3/t17-/m1/s1. The number of carbonyl (C=O) groups excluding carboxylic acids is 2. The summed E-state index contributed by atoms with van der Waals surface area (Å²) in [4.78, 5) is 27.2. The highest BCUT2D eigenvalue weighted by Crippen LogP contribution is 2.29. The molecular weight excluding hydrogens is 352 g/mol. The van der Waals surface area contributed by atoms with E-state index in [1.54, 1.807) is 17.0 Å². The molecule has 0 aliphatic carbocycles. The van der Waals surface area contributed by atoms with Crippen LogP contribution < -0.4 is 0 Å². The summed E-state index contributed by atoms with van der Waals surface area (Å²) in [6.07, 6.45) is 4.37. The summed E-state index contributed by atoms with van der Waals surface area (Å²) >= 11 is 0. The molecule has 1 aromatic rings. The second-order valence-electron chi connectivity index (χ2n) is 7.23. The van der Waals surface area contributed by atoms with Gasteiger partial charge in [0, 0.05) is 19.5 Å². The Labute approximate surface area is 155 Å². The van der Waals surface area contributed by atoms with Gasteiger partial charge in [0.05, 0.1) is 4.90 Å². The van der Waals surface area contributed by atoms with Crippen LogP contribution >= 0.6 is 0 Å². The number of sulfonamides is 1. The molecule has 0 bridgehead atoms. The Morgan fingerprint density at radius 1 is 1.04 bits per heavy atom. The van der Waals surface area contributed by atoms with Crippen molar-refractivity contribution in [2.75, 3.05) is 13.1 Å². The van der Waals surface area contributed by atoms with Crippen molar-refractivity contribution in [1.82, 2.24) is 9.21 Å². The van der Waals surface area contributed by atoms with Crippen molar-refractivity contribution in [2.45, 2.75) is 63.3 Å². The lowest BCUT2D eigenvalue weighted by Gasteiger charge is -2.29. The number of hydrogen-bond acceptors (Lipinski definition) is 4. The van der Waals surface area contributed by atoms with Gasteiger partial charge in [-0.1, -0.05) is 18.9 Å². The van der Waals surface area contributed by atoms with Gasteiger partial charge in [-0.2, -0.15) is 0 Å². The predicted octanol–water partition coefficient (Wildman–Crippen LogP) is 2.39. The Balaban J connectivity index is 1.91. The molecule has 2 heterocycles. The van der Waals surface area contributed by atoms with Crippen molar-refractivity contribution in [3.05, 3.63) is 29.3 Å². The Morgan fingerprint density at radius 2 is 1.69 bits per heavy atom. The average Bonchev–Trinajstić information content (AvgIpc) is 2.82. The van der Waals surface area contributed by atoms with E-state index in [2.05, 4.69) is 0 Å². The third-order valence-electron chi connectivity index (χ3n) is 5.40. The van der Waals surface area contributed by atoms with Crippen LogP contribution in [0.4, 0.5) is 0 Å². The molecule has 2 aliphatic rings. The van der Waals surface area contributed by atoms with Crippen LogP contribution in [-0.2, 0) is 19.6 Å². The molecular formula is C19H26N2O4S. The minimum absolute atomic E-state index is 0.0736. The fourth-order valence-electron chi connectivity index (χ4n) is 3.68. The maximum Gasteiger partial charge on any atom is 0.267 e. The van der Waals surface area contributed by atoms with Crippen LogP contribution in [0.2, 0.25) is 0 Å². The molecule has 1 aromatic carbocycles. The maximum atomic E-state index is 13.1. The highest BCUT2D eigenvalue weighted by atomic mass is 32.2. The van der Waals surface area contributed by atoms with E-state index >= 15 is 0 Å². The summed E-state index contributed by atoms with van der Waals surface area (Å²) in [6, 6.07) is 3.90. The van der Waals surface area contributed by atoms with Crippen LogP contribution in [0.3, 0.4) is 0 Å². The van der Waals surface area contributed by atoms with E-state index in [0.717, 1.165) is 41.1 Å². The fourth-order valence-corrected chi connectivity index (χ4v) is 5.36. The van der Waals surface area contributed by atoms with Crippen molar-refractivity contribution in [1.29, 1.82) is 0 Å². The van der Waals surface area contributed by atoms with E-state index in [4.69, 9.17) is 0 Å². The number of benzene rings is 1. The molecule has 26 heavy (non-hydrogen) atoms. The quantitative estimate of drug-likeness (QED) is 0.809. The lowest BCUT2D eigenvalue weighted by molar-refractivity contribution is -0.137. The number of nitrogens with zero attached hydrogens (tertiary/aromatic N) is 2. The smallest absolute Gasteiger partial charge is 0.267 e. The Morgan fingerprint density at radius 3 is 2.31 bits per heavy atom. The summed E-state index contributed by atoms with van der Waals surface area (Å²) in [5, 5.41) is 0. The van der Waals surface area contributed by atoms with Crippen LogP contribution in [0.25, 0.3) is 0 Å². The Bertz CT molecular complexity index is 811. The van der Waals surface area contributed by atoms with Gasteiger partial charge in [0.2, 0.25) is 11.8 Å². The van der Waals surface area contributed by atoms with Gasteiger partial charge < -0.3 is 4.90 Å². The number of amides is 2. The second kappa shape index (κ2) is 7.39. The number of hydrogen-bond donors (Lipinski definition) is 0. The van der Waals surface area contributed by atoms with Crippen molar-refractivity contribution in [2.24, 2.45) is 0 Å². The summed E-state index contributed by atoms with van der Waals surface area (Å²) in [5.74, 6) is -0.721. The van der Waals surface area contributed by atoms with Gasteiger partial charge in [-0.25, -0.2) is 12.7 Å². The Hall–Kier alpha value is -1.89. The normalized spacial score (nSPS) is 21.8. The predicted molar refractivity (Wildman–Crippen MR) is 98.0 cm³/mol. The molecule has 0 N–H and O–H groups in total. The van der Waals surface area contributed by atoms with Crippen molar-refractivity contribution in [3.63, 3.8) is 0 Å². The van der Waals surface area contributed by atoms with E-state index in [1.807, 2.05) is 13.8 Å². The first kappa shape index (κ1) is 18.9. The zero-order chi connectivity index (χ0) is 18.9. The number of aryl methyl sites for hydroxylation is 2. The number of likely N-dealkylation sites (tertiary alicyclic amines) is 1. The summed E-state index contributed by atoms with van der Waals surface area (Å²) in [5.41, 5.74) is 1.82. The van der Waals surface area contributed by atoms with E-state index in [0.29, 0.717) is 13.1 Å². The van der Waals surface area contributed by atoms with E-state index in [-0.39, 0.29) is 23.6 Å². The SMILES string of the molecule is Cc1ccc(S(=O)(=O)N2C(=O)CC[C@@H]2C(=O)N2CCCCCC2)cc1C. The number of carbonyl (C=O) groups is 2. The first-order valence-corrected chi connectivity index (χ1v) is 10.7. The molecule has 2 saturated heterocycles. The molecule has 2 fully saturated rings. The van der Waals surface area contributed by atoms with E-state index < -0.39 is 22.0 Å². The van der Waals surface area contributed by atoms with Crippen LogP contribution in [0.1, 0.15) is 49.7 Å². The van der Waals surface area contributed by atoms with E-state index in [1.165, 1.54) is 6.07 Å². The molecule has 2 aliphatic heterocycles. The molecule has 2 amide bonds. The van der Waals surface area contributed by atoms with Crippen molar-refractivity contribution in [3.8, 4) is 0 Å². The molecule has 0 radical (unpaired) electrons. The second-order valence-corrected chi connectivity index (χ2v) is 9.05. The summed E-state index contributed by atoms with van der Waals surface area (Å²) in [6.45, 7) is 5.01. The lowest BCUT2D eigenvalue weighted by Crippen LogP contribution is -2.49. The van der Waals surface area contributed by atoms with Crippen LogP contribution in [0, 0.1) is 13.8 Å². The molecule has 1 atom stereocenters. The molecule has 0 saturated carbocycles. The average molecular weight is 378 g/mol. The summed E-state index contributed by atoms with van der Waals surface area (Å²) in [7, 11) is -4.03. The minimum Gasteiger partial charge on any atom is -0.341 e. The van der Waals surface area contributed by atoms with Gasteiger partial charge in [0.25, 0.3) is 10.0 Å². The molecule has 7 heteroatoms. The van der Waals surface area contributed by atoms with Crippen molar-refractivity contribution < 1.29 is 18.0 Å². The van der Waals surface area contributed by atoms with Gasteiger partial charge in [-0.15, -0.1) is 0 Å². The van der Waals surface area contributed by atoms with E-state index in [9.17, 15) is 18.0 Å². The largest absolute Gasteiger partial charge is 0.341 e. The topological polar surface area (TPSA) is 74.8 Å². The monoisotopic (exact) mass is 378 g/mol. The first-order valence-electron chi connectivity index (χ1n) is 9.25.